The number of nitriles is 1. The first kappa shape index (κ1) is 19.0. The average Bonchev–Trinajstić information content (AvgIpc) is 2.72. The number of carbonyl (C=O) groups excluding carboxylic acids is 1. The second-order valence-corrected chi connectivity index (χ2v) is 7.11. The van der Waals surface area contributed by atoms with Gasteiger partial charge in [-0.15, -0.1) is 0 Å². The van der Waals surface area contributed by atoms with Gasteiger partial charge in [-0.1, -0.05) is 30.7 Å². The summed E-state index contributed by atoms with van der Waals surface area (Å²) in [4.78, 5) is 12.1. The van der Waals surface area contributed by atoms with Crippen molar-refractivity contribution in [2.75, 3.05) is 0 Å². The molecule has 4 heteroatoms. The number of carbonyl (C=O) groups is 1. The molecule has 0 spiro atoms. The van der Waals surface area contributed by atoms with Crippen molar-refractivity contribution in [3.8, 4) is 11.8 Å². The van der Waals surface area contributed by atoms with Crippen LogP contribution in [0.5, 0.6) is 5.75 Å². The molecule has 1 N–H and O–H groups in total. The van der Waals surface area contributed by atoms with Crippen LogP contribution in [0.25, 0.3) is 0 Å². The monoisotopic (exact) mass is 362 g/mol. The van der Waals surface area contributed by atoms with Gasteiger partial charge < -0.3 is 10.1 Å². The molecule has 140 valence electrons. The molecule has 0 unspecified atom stereocenters. The van der Waals surface area contributed by atoms with Crippen molar-refractivity contribution in [2.45, 2.75) is 57.6 Å². The Morgan fingerprint density at radius 3 is 2.59 bits per heavy atom. The minimum atomic E-state index is 0.0259. The van der Waals surface area contributed by atoms with Gasteiger partial charge in [0.25, 0.3) is 0 Å². The zero-order chi connectivity index (χ0) is 18.9. The quantitative estimate of drug-likeness (QED) is 0.788. The SMILES string of the molecule is N#Cc1ccc(CCC(=O)NCc2cccc(OC3CCCCC3)c2)cc1. The summed E-state index contributed by atoms with van der Waals surface area (Å²) in [7, 11) is 0. The van der Waals surface area contributed by atoms with Gasteiger partial charge in [0, 0.05) is 13.0 Å². The smallest absolute Gasteiger partial charge is 0.220 e. The van der Waals surface area contributed by atoms with Crippen molar-refractivity contribution >= 4 is 5.91 Å². The van der Waals surface area contributed by atoms with Gasteiger partial charge in [0.15, 0.2) is 0 Å². The zero-order valence-electron chi connectivity index (χ0n) is 15.6. The van der Waals surface area contributed by atoms with Crippen LogP contribution < -0.4 is 10.1 Å². The summed E-state index contributed by atoms with van der Waals surface area (Å²) >= 11 is 0. The van der Waals surface area contributed by atoms with Crippen LogP contribution in [0.15, 0.2) is 48.5 Å². The predicted octanol–water partition coefficient (Wildman–Crippen LogP) is 4.52. The van der Waals surface area contributed by atoms with E-state index in [1.54, 1.807) is 12.1 Å². The second-order valence-electron chi connectivity index (χ2n) is 7.11. The molecule has 1 aliphatic carbocycles. The van der Waals surface area contributed by atoms with E-state index in [1.165, 1.54) is 19.3 Å². The Balaban J connectivity index is 1.44. The molecule has 1 amide bonds. The first-order valence-corrected chi connectivity index (χ1v) is 9.74. The molecule has 1 aliphatic rings. The molecule has 2 aromatic rings. The number of hydrogen-bond acceptors (Lipinski definition) is 3. The number of nitrogens with one attached hydrogen (secondary N) is 1. The van der Waals surface area contributed by atoms with E-state index in [0.717, 1.165) is 29.7 Å². The first-order chi connectivity index (χ1) is 13.2. The van der Waals surface area contributed by atoms with Crippen molar-refractivity contribution in [3.05, 3.63) is 65.2 Å². The van der Waals surface area contributed by atoms with E-state index in [0.29, 0.717) is 31.1 Å². The molecule has 1 saturated carbocycles. The third-order valence-corrected chi connectivity index (χ3v) is 4.97. The van der Waals surface area contributed by atoms with Crippen molar-refractivity contribution in [2.24, 2.45) is 0 Å². The van der Waals surface area contributed by atoms with Crippen LogP contribution in [-0.4, -0.2) is 12.0 Å². The Bertz CT molecular complexity index is 787. The van der Waals surface area contributed by atoms with Gasteiger partial charge in [-0.25, -0.2) is 0 Å². The summed E-state index contributed by atoms with van der Waals surface area (Å²) in [5.41, 5.74) is 2.75. The molecule has 27 heavy (non-hydrogen) atoms. The highest BCUT2D eigenvalue weighted by molar-refractivity contribution is 5.76. The molecule has 0 heterocycles. The molecule has 0 aromatic heterocycles. The Morgan fingerprint density at radius 2 is 1.85 bits per heavy atom. The van der Waals surface area contributed by atoms with E-state index in [2.05, 4.69) is 11.4 Å². The zero-order valence-corrected chi connectivity index (χ0v) is 15.6. The Morgan fingerprint density at radius 1 is 1.07 bits per heavy atom. The maximum Gasteiger partial charge on any atom is 0.220 e. The van der Waals surface area contributed by atoms with Crippen LogP contribution in [0.3, 0.4) is 0 Å². The number of aryl methyl sites for hydroxylation is 1. The fraction of sp³-hybridized carbons (Fsp3) is 0.391. The van der Waals surface area contributed by atoms with Crippen LogP contribution in [0, 0.1) is 11.3 Å². The van der Waals surface area contributed by atoms with Gasteiger partial charge in [-0.3, -0.25) is 4.79 Å². The fourth-order valence-corrected chi connectivity index (χ4v) is 3.40. The van der Waals surface area contributed by atoms with Crippen LogP contribution in [0.1, 0.15) is 55.2 Å². The molecule has 2 aromatic carbocycles. The van der Waals surface area contributed by atoms with E-state index in [1.807, 2.05) is 36.4 Å². The normalized spacial score (nSPS) is 14.3. The highest BCUT2D eigenvalue weighted by Crippen LogP contribution is 2.23. The van der Waals surface area contributed by atoms with Gasteiger partial charge in [0.2, 0.25) is 5.91 Å². The average molecular weight is 362 g/mol. The van der Waals surface area contributed by atoms with Gasteiger partial charge in [-0.2, -0.15) is 5.26 Å². The molecular weight excluding hydrogens is 336 g/mol. The molecule has 1 fully saturated rings. The van der Waals surface area contributed by atoms with E-state index in [4.69, 9.17) is 10.00 Å². The molecule has 0 bridgehead atoms. The topological polar surface area (TPSA) is 62.1 Å². The van der Waals surface area contributed by atoms with Gasteiger partial charge in [0.05, 0.1) is 17.7 Å². The van der Waals surface area contributed by atoms with E-state index < -0.39 is 0 Å². The van der Waals surface area contributed by atoms with Crippen molar-refractivity contribution < 1.29 is 9.53 Å². The second kappa shape index (κ2) is 9.78. The first-order valence-electron chi connectivity index (χ1n) is 9.74. The van der Waals surface area contributed by atoms with Crippen LogP contribution in [0.4, 0.5) is 0 Å². The number of amides is 1. The molecule has 0 aliphatic heterocycles. The summed E-state index contributed by atoms with van der Waals surface area (Å²) in [6, 6.07) is 17.5. The number of ether oxygens (including phenoxy) is 1. The summed E-state index contributed by atoms with van der Waals surface area (Å²) in [6.07, 6.45) is 7.52. The fourth-order valence-electron chi connectivity index (χ4n) is 3.40. The van der Waals surface area contributed by atoms with E-state index in [-0.39, 0.29) is 5.91 Å². The largest absolute Gasteiger partial charge is 0.490 e. The highest BCUT2D eigenvalue weighted by atomic mass is 16.5. The van der Waals surface area contributed by atoms with Gasteiger partial charge in [-0.05, 0) is 67.5 Å². The van der Waals surface area contributed by atoms with Crippen LogP contribution in [0.2, 0.25) is 0 Å². The summed E-state index contributed by atoms with van der Waals surface area (Å²) in [5, 5.41) is 11.8. The maximum atomic E-state index is 12.1. The predicted molar refractivity (Wildman–Crippen MR) is 105 cm³/mol. The van der Waals surface area contributed by atoms with E-state index >= 15 is 0 Å². The lowest BCUT2D eigenvalue weighted by molar-refractivity contribution is -0.121. The molecule has 0 radical (unpaired) electrons. The highest BCUT2D eigenvalue weighted by Gasteiger charge is 2.14. The number of nitrogens with zero attached hydrogens (tertiary/aromatic N) is 1. The lowest BCUT2D eigenvalue weighted by atomic mass is 9.98. The molecular formula is C23H26N2O2. The van der Waals surface area contributed by atoms with Crippen molar-refractivity contribution in [1.82, 2.24) is 5.32 Å². The van der Waals surface area contributed by atoms with Crippen LogP contribution >= 0.6 is 0 Å². The third kappa shape index (κ3) is 6.14. The minimum absolute atomic E-state index is 0.0259. The Labute approximate surface area is 161 Å². The Kier molecular flexibility index (Phi) is 6.87. The molecule has 4 nitrogen and oxygen atoms in total. The molecule has 3 rings (SSSR count). The maximum absolute atomic E-state index is 12.1. The lowest BCUT2D eigenvalue weighted by Gasteiger charge is -2.23. The van der Waals surface area contributed by atoms with Crippen LogP contribution in [-0.2, 0) is 17.8 Å². The number of rotatable bonds is 7. The summed E-state index contributed by atoms with van der Waals surface area (Å²) in [5.74, 6) is 0.921. The summed E-state index contributed by atoms with van der Waals surface area (Å²) < 4.78 is 6.09. The van der Waals surface area contributed by atoms with Gasteiger partial charge in [0.1, 0.15) is 5.75 Å². The molecule has 0 atom stereocenters. The lowest BCUT2D eigenvalue weighted by Crippen LogP contribution is -2.23. The van der Waals surface area contributed by atoms with Gasteiger partial charge >= 0.3 is 0 Å². The number of benzene rings is 2. The number of hydrogen-bond donors (Lipinski definition) is 1. The minimum Gasteiger partial charge on any atom is -0.490 e. The molecule has 0 saturated heterocycles. The standard InChI is InChI=1S/C23H26N2O2/c24-16-19-11-9-18(10-12-19)13-14-23(26)25-17-20-5-4-8-22(15-20)27-21-6-2-1-3-7-21/h4-5,8-12,15,21H,1-3,6-7,13-14,17H2,(H,25,26). The Hall–Kier alpha value is -2.80. The van der Waals surface area contributed by atoms with E-state index in [9.17, 15) is 4.79 Å². The third-order valence-electron chi connectivity index (χ3n) is 4.97. The van der Waals surface area contributed by atoms with Crippen molar-refractivity contribution in [3.63, 3.8) is 0 Å². The van der Waals surface area contributed by atoms with Crippen molar-refractivity contribution in [1.29, 1.82) is 5.26 Å². The summed E-state index contributed by atoms with van der Waals surface area (Å²) in [6.45, 7) is 0.508.